The Kier molecular flexibility index (Phi) is 2.52. The summed E-state index contributed by atoms with van der Waals surface area (Å²) in [4.78, 5) is 15.2. The van der Waals surface area contributed by atoms with Crippen LogP contribution in [0.2, 0.25) is 0 Å². The zero-order valence-electron chi connectivity index (χ0n) is 10.8. The number of carbonyl (C=O) groups is 1. The molecule has 3 aromatic rings. The van der Waals surface area contributed by atoms with Gasteiger partial charge in [-0.2, -0.15) is 0 Å². The fourth-order valence-corrected chi connectivity index (χ4v) is 2.49. The van der Waals surface area contributed by atoms with Crippen LogP contribution in [0.25, 0.3) is 21.8 Å². The van der Waals surface area contributed by atoms with Crippen molar-refractivity contribution in [1.29, 1.82) is 0 Å². The number of aromatic nitrogens is 2. The lowest BCUT2D eigenvalue weighted by molar-refractivity contribution is -0.138. The van der Waals surface area contributed by atoms with Crippen molar-refractivity contribution in [1.82, 2.24) is 9.55 Å². The number of carboxylic acids is 1. The fraction of sp³-hybridized carbons (Fsp3) is 0.200. The monoisotopic (exact) mass is 254 g/mol. The van der Waals surface area contributed by atoms with E-state index < -0.39 is 11.9 Å². The van der Waals surface area contributed by atoms with Crippen LogP contribution < -0.4 is 0 Å². The average molecular weight is 254 g/mol. The van der Waals surface area contributed by atoms with Crippen LogP contribution in [0.1, 0.15) is 18.4 Å². The van der Waals surface area contributed by atoms with Gasteiger partial charge in [0.15, 0.2) is 0 Å². The normalized spacial score (nSPS) is 12.9. The number of nitrogens with zero attached hydrogens (tertiary/aromatic N) is 2. The SMILES string of the molecule is CC(C(=O)O)c1ccc2c(c1)c1cnccc1n2C. The largest absolute Gasteiger partial charge is 0.481 e. The predicted molar refractivity (Wildman–Crippen MR) is 74.3 cm³/mol. The van der Waals surface area contributed by atoms with Gasteiger partial charge in [-0.15, -0.1) is 0 Å². The molecule has 0 bridgehead atoms. The lowest BCUT2D eigenvalue weighted by Crippen LogP contribution is -2.07. The van der Waals surface area contributed by atoms with E-state index in [9.17, 15) is 4.79 Å². The molecule has 96 valence electrons. The van der Waals surface area contributed by atoms with Gasteiger partial charge in [0.05, 0.1) is 11.4 Å². The van der Waals surface area contributed by atoms with Crippen molar-refractivity contribution in [3.63, 3.8) is 0 Å². The third kappa shape index (κ3) is 1.68. The number of rotatable bonds is 2. The second kappa shape index (κ2) is 4.09. The van der Waals surface area contributed by atoms with Gasteiger partial charge in [-0.3, -0.25) is 9.78 Å². The second-order valence-electron chi connectivity index (χ2n) is 4.79. The standard InChI is InChI=1S/C15H14N2O2/c1-9(15(18)19)10-3-4-13-11(7-10)12-8-16-6-5-14(12)17(13)2/h3-9H,1-2H3,(H,18,19). The van der Waals surface area contributed by atoms with Gasteiger partial charge >= 0.3 is 5.97 Å². The lowest BCUT2D eigenvalue weighted by atomic mass is 9.99. The van der Waals surface area contributed by atoms with Gasteiger partial charge in [-0.25, -0.2) is 0 Å². The summed E-state index contributed by atoms with van der Waals surface area (Å²) >= 11 is 0. The molecule has 0 saturated carbocycles. The van der Waals surface area contributed by atoms with Crippen molar-refractivity contribution in [2.24, 2.45) is 7.05 Å². The summed E-state index contributed by atoms with van der Waals surface area (Å²) in [7, 11) is 2.00. The van der Waals surface area contributed by atoms with Crippen LogP contribution in [-0.4, -0.2) is 20.6 Å². The highest BCUT2D eigenvalue weighted by Crippen LogP contribution is 2.30. The molecule has 2 aromatic heterocycles. The molecule has 0 aliphatic heterocycles. The second-order valence-corrected chi connectivity index (χ2v) is 4.79. The highest BCUT2D eigenvalue weighted by atomic mass is 16.4. The van der Waals surface area contributed by atoms with Crippen LogP contribution in [0.3, 0.4) is 0 Å². The summed E-state index contributed by atoms with van der Waals surface area (Å²) < 4.78 is 2.10. The Bertz CT molecular complexity index is 789. The molecular formula is C15H14N2O2. The molecule has 0 aliphatic carbocycles. The fourth-order valence-electron chi connectivity index (χ4n) is 2.49. The molecule has 19 heavy (non-hydrogen) atoms. The van der Waals surface area contributed by atoms with Crippen LogP contribution in [0.15, 0.2) is 36.7 Å². The smallest absolute Gasteiger partial charge is 0.310 e. The molecule has 2 heterocycles. The molecule has 0 radical (unpaired) electrons. The Balaban J connectivity index is 2.34. The first-order valence-corrected chi connectivity index (χ1v) is 6.14. The minimum absolute atomic E-state index is 0.503. The maximum absolute atomic E-state index is 11.1. The molecule has 1 aromatic carbocycles. The van der Waals surface area contributed by atoms with E-state index in [1.54, 1.807) is 13.1 Å². The Morgan fingerprint density at radius 2 is 2.00 bits per heavy atom. The van der Waals surface area contributed by atoms with E-state index in [1.807, 2.05) is 37.5 Å². The maximum atomic E-state index is 11.1. The average Bonchev–Trinajstić information content (AvgIpc) is 2.72. The maximum Gasteiger partial charge on any atom is 0.310 e. The van der Waals surface area contributed by atoms with Gasteiger partial charge in [0.25, 0.3) is 0 Å². The summed E-state index contributed by atoms with van der Waals surface area (Å²) in [5.74, 6) is -1.31. The van der Waals surface area contributed by atoms with Crippen LogP contribution in [0.5, 0.6) is 0 Å². The van der Waals surface area contributed by atoms with Crippen molar-refractivity contribution < 1.29 is 9.90 Å². The van der Waals surface area contributed by atoms with E-state index in [4.69, 9.17) is 5.11 Å². The molecule has 1 atom stereocenters. The summed E-state index contributed by atoms with van der Waals surface area (Å²) in [6.45, 7) is 1.70. The van der Waals surface area contributed by atoms with Crippen molar-refractivity contribution in [2.75, 3.05) is 0 Å². The first-order valence-electron chi connectivity index (χ1n) is 6.14. The summed E-state index contributed by atoms with van der Waals surface area (Å²) in [5.41, 5.74) is 3.01. The molecule has 1 unspecified atom stereocenters. The van der Waals surface area contributed by atoms with Crippen LogP contribution >= 0.6 is 0 Å². The third-order valence-corrected chi connectivity index (χ3v) is 3.70. The molecule has 0 aliphatic rings. The highest BCUT2D eigenvalue weighted by molar-refractivity contribution is 6.08. The quantitative estimate of drug-likeness (QED) is 0.765. The lowest BCUT2D eigenvalue weighted by Gasteiger charge is -2.06. The summed E-state index contributed by atoms with van der Waals surface area (Å²) in [6.07, 6.45) is 3.59. The van der Waals surface area contributed by atoms with Gasteiger partial charge < -0.3 is 9.67 Å². The third-order valence-electron chi connectivity index (χ3n) is 3.70. The molecule has 1 N–H and O–H groups in total. The van der Waals surface area contributed by atoms with Crippen LogP contribution in [-0.2, 0) is 11.8 Å². The van der Waals surface area contributed by atoms with E-state index in [2.05, 4.69) is 9.55 Å². The minimum Gasteiger partial charge on any atom is -0.481 e. The van der Waals surface area contributed by atoms with Crippen molar-refractivity contribution >= 4 is 27.8 Å². The number of aryl methyl sites for hydroxylation is 1. The minimum atomic E-state index is -0.808. The van der Waals surface area contributed by atoms with E-state index in [0.29, 0.717) is 0 Å². The van der Waals surface area contributed by atoms with Crippen LogP contribution in [0, 0.1) is 0 Å². The van der Waals surface area contributed by atoms with E-state index in [0.717, 1.165) is 27.4 Å². The summed E-state index contributed by atoms with van der Waals surface area (Å²) in [6, 6.07) is 7.78. The molecule has 0 amide bonds. The number of hydrogen-bond donors (Lipinski definition) is 1. The van der Waals surface area contributed by atoms with Crippen LogP contribution in [0.4, 0.5) is 0 Å². The van der Waals surface area contributed by atoms with Gasteiger partial charge in [0, 0.05) is 35.7 Å². The molecular weight excluding hydrogens is 240 g/mol. The number of fused-ring (bicyclic) bond motifs is 3. The van der Waals surface area contributed by atoms with Gasteiger partial charge in [-0.1, -0.05) is 6.07 Å². The zero-order chi connectivity index (χ0) is 13.6. The first-order chi connectivity index (χ1) is 9.09. The molecule has 0 saturated heterocycles. The summed E-state index contributed by atoms with van der Waals surface area (Å²) in [5, 5.41) is 11.2. The highest BCUT2D eigenvalue weighted by Gasteiger charge is 2.16. The molecule has 4 heteroatoms. The molecule has 0 fully saturated rings. The van der Waals surface area contributed by atoms with E-state index in [1.165, 1.54) is 0 Å². The van der Waals surface area contributed by atoms with Crippen molar-refractivity contribution in [3.8, 4) is 0 Å². The molecule has 4 nitrogen and oxygen atoms in total. The van der Waals surface area contributed by atoms with Gasteiger partial charge in [0.1, 0.15) is 0 Å². The Morgan fingerprint density at radius 1 is 1.26 bits per heavy atom. The number of hydrogen-bond acceptors (Lipinski definition) is 2. The number of benzene rings is 1. The Morgan fingerprint density at radius 3 is 2.74 bits per heavy atom. The Labute approximate surface area is 110 Å². The Hall–Kier alpha value is -2.36. The van der Waals surface area contributed by atoms with Crippen molar-refractivity contribution in [3.05, 3.63) is 42.2 Å². The topological polar surface area (TPSA) is 55.1 Å². The number of carboxylic acid groups (broad SMARTS) is 1. The van der Waals surface area contributed by atoms with Gasteiger partial charge in [0.2, 0.25) is 0 Å². The van der Waals surface area contributed by atoms with E-state index in [-0.39, 0.29) is 0 Å². The zero-order valence-corrected chi connectivity index (χ0v) is 10.8. The van der Waals surface area contributed by atoms with Crippen molar-refractivity contribution in [2.45, 2.75) is 12.8 Å². The number of aliphatic carboxylic acids is 1. The predicted octanol–water partition coefficient (Wildman–Crippen LogP) is 2.91. The first kappa shape index (κ1) is 11.7. The van der Waals surface area contributed by atoms with E-state index >= 15 is 0 Å². The van der Waals surface area contributed by atoms with Gasteiger partial charge in [-0.05, 0) is 30.7 Å². The molecule has 0 spiro atoms. The molecule has 3 rings (SSSR count). The number of pyridine rings is 1.